The van der Waals surface area contributed by atoms with Crippen molar-refractivity contribution in [2.24, 2.45) is 4.99 Å². The first kappa shape index (κ1) is 11.1. The molecule has 3 heteroatoms. The van der Waals surface area contributed by atoms with E-state index in [1.165, 1.54) is 11.1 Å². The summed E-state index contributed by atoms with van der Waals surface area (Å²) in [5.41, 5.74) is 2.43. The quantitative estimate of drug-likeness (QED) is 0.677. The highest BCUT2D eigenvalue weighted by Gasteiger charge is 2.15. The lowest BCUT2D eigenvalue weighted by Gasteiger charge is -2.29. The summed E-state index contributed by atoms with van der Waals surface area (Å²) in [5.74, 6) is 0. The third-order valence-electron chi connectivity index (χ3n) is 2.42. The molecule has 14 heavy (non-hydrogen) atoms. The van der Waals surface area contributed by atoms with Gasteiger partial charge in [0.05, 0.1) is 6.61 Å². The van der Waals surface area contributed by atoms with Crippen LogP contribution in [0, 0.1) is 0 Å². The second kappa shape index (κ2) is 5.73. The summed E-state index contributed by atoms with van der Waals surface area (Å²) in [6.45, 7) is 6.87. The number of hydrogen-bond donors (Lipinski definition) is 1. The number of nitrogens with zero attached hydrogens (tertiary/aromatic N) is 2. The Morgan fingerprint density at radius 2 is 2.43 bits per heavy atom. The minimum absolute atomic E-state index is 0.224. The van der Waals surface area contributed by atoms with Crippen LogP contribution in [0.4, 0.5) is 0 Å². The number of aliphatic hydroxyl groups excluding tert-OH is 1. The van der Waals surface area contributed by atoms with Crippen molar-refractivity contribution >= 4 is 6.21 Å². The number of aliphatic imine (C=N–C) groups is 1. The van der Waals surface area contributed by atoms with Crippen LogP contribution in [0.2, 0.25) is 0 Å². The minimum Gasteiger partial charge on any atom is -0.395 e. The van der Waals surface area contributed by atoms with Gasteiger partial charge in [-0.2, -0.15) is 0 Å². The molecule has 1 aliphatic heterocycles. The van der Waals surface area contributed by atoms with E-state index in [-0.39, 0.29) is 6.61 Å². The fourth-order valence-electron chi connectivity index (χ4n) is 1.55. The second-order valence-corrected chi connectivity index (χ2v) is 3.45. The zero-order valence-corrected chi connectivity index (χ0v) is 8.74. The summed E-state index contributed by atoms with van der Waals surface area (Å²) in [4.78, 5) is 6.15. The van der Waals surface area contributed by atoms with Crippen LogP contribution in [0.5, 0.6) is 0 Å². The van der Waals surface area contributed by atoms with Gasteiger partial charge in [0, 0.05) is 32.9 Å². The summed E-state index contributed by atoms with van der Waals surface area (Å²) >= 11 is 0. The van der Waals surface area contributed by atoms with Gasteiger partial charge in [0.15, 0.2) is 0 Å². The fraction of sp³-hybridized carbons (Fsp3) is 0.545. The van der Waals surface area contributed by atoms with E-state index >= 15 is 0 Å². The predicted molar refractivity (Wildman–Crippen MR) is 59.8 cm³/mol. The largest absolute Gasteiger partial charge is 0.395 e. The smallest absolute Gasteiger partial charge is 0.0558 e. The summed E-state index contributed by atoms with van der Waals surface area (Å²) in [6, 6.07) is 0. The van der Waals surface area contributed by atoms with Crippen molar-refractivity contribution in [2.45, 2.75) is 6.42 Å². The van der Waals surface area contributed by atoms with E-state index in [4.69, 9.17) is 5.11 Å². The average molecular weight is 194 g/mol. The van der Waals surface area contributed by atoms with E-state index in [0.29, 0.717) is 0 Å². The number of allylic oxidation sites excluding steroid dienone is 1. The van der Waals surface area contributed by atoms with Crippen LogP contribution >= 0.6 is 0 Å². The van der Waals surface area contributed by atoms with Crippen molar-refractivity contribution in [3.8, 4) is 0 Å². The van der Waals surface area contributed by atoms with Crippen molar-refractivity contribution < 1.29 is 5.11 Å². The molecule has 0 aromatic heterocycles. The van der Waals surface area contributed by atoms with Gasteiger partial charge in [0.1, 0.15) is 0 Å². The van der Waals surface area contributed by atoms with E-state index in [9.17, 15) is 0 Å². The number of aliphatic hydroxyl groups is 1. The van der Waals surface area contributed by atoms with Crippen LogP contribution in [-0.2, 0) is 0 Å². The molecule has 1 fully saturated rings. The molecular weight excluding hydrogens is 176 g/mol. The van der Waals surface area contributed by atoms with Crippen molar-refractivity contribution in [1.82, 2.24) is 4.90 Å². The molecule has 1 N–H and O–H groups in total. The number of hydrogen-bond acceptors (Lipinski definition) is 3. The summed E-state index contributed by atoms with van der Waals surface area (Å²) in [5, 5.41) is 8.84. The lowest BCUT2D eigenvalue weighted by molar-refractivity contribution is 0.201. The van der Waals surface area contributed by atoms with Crippen molar-refractivity contribution in [1.29, 1.82) is 0 Å². The van der Waals surface area contributed by atoms with Crippen LogP contribution in [-0.4, -0.2) is 49.5 Å². The highest BCUT2D eigenvalue weighted by atomic mass is 16.3. The molecule has 0 atom stereocenters. The van der Waals surface area contributed by atoms with Crippen molar-refractivity contribution in [3.63, 3.8) is 0 Å². The molecule has 0 aromatic carbocycles. The Morgan fingerprint density at radius 1 is 1.64 bits per heavy atom. The topological polar surface area (TPSA) is 35.8 Å². The van der Waals surface area contributed by atoms with Gasteiger partial charge in [-0.25, -0.2) is 0 Å². The Balaban J connectivity index is 2.59. The maximum Gasteiger partial charge on any atom is 0.0558 e. The van der Waals surface area contributed by atoms with Gasteiger partial charge < -0.3 is 5.11 Å². The van der Waals surface area contributed by atoms with Gasteiger partial charge in [0.25, 0.3) is 0 Å². The van der Waals surface area contributed by atoms with E-state index in [2.05, 4.69) is 16.5 Å². The molecule has 3 nitrogen and oxygen atoms in total. The predicted octanol–water partition coefficient (Wildman–Crippen LogP) is 0.868. The van der Waals surface area contributed by atoms with E-state index in [1.807, 2.05) is 6.08 Å². The van der Waals surface area contributed by atoms with Gasteiger partial charge in [-0.15, -0.1) is 0 Å². The normalized spacial score (nSPS) is 22.4. The lowest BCUT2D eigenvalue weighted by Crippen LogP contribution is -2.34. The minimum atomic E-state index is 0.224. The Hall–Kier alpha value is -0.930. The monoisotopic (exact) mass is 194 g/mol. The molecule has 0 unspecified atom stereocenters. The van der Waals surface area contributed by atoms with Gasteiger partial charge in [-0.05, 0) is 23.6 Å². The molecule has 1 heterocycles. The van der Waals surface area contributed by atoms with Crippen LogP contribution < -0.4 is 0 Å². The molecule has 78 valence electrons. The first-order valence-corrected chi connectivity index (χ1v) is 4.90. The maximum atomic E-state index is 8.84. The Morgan fingerprint density at radius 3 is 3.07 bits per heavy atom. The fourth-order valence-corrected chi connectivity index (χ4v) is 1.55. The first-order chi connectivity index (χ1) is 6.77. The molecule has 0 bridgehead atoms. The van der Waals surface area contributed by atoms with Crippen LogP contribution in [0.1, 0.15) is 6.42 Å². The Kier molecular flexibility index (Phi) is 4.56. The molecule has 0 radical (unpaired) electrons. The zero-order chi connectivity index (χ0) is 10.4. The molecule has 1 saturated heterocycles. The van der Waals surface area contributed by atoms with Crippen LogP contribution in [0.15, 0.2) is 28.8 Å². The summed E-state index contributed by atoms with van der Waals surface area (Å²) in [6.07, 6.45) is 4.79. The number of β-amino-alcohol motifs (C(OH)–C–C–N with tert-alkyl or cyclic N) is 1. The van der Waals surface area contributed by atoms with Crippen molar-refractivity contribution in [3.05, 3.63) is 23.8 Å². The molecular formula is C11H18N2O. The molecule has 0 saturated carbocycles. The molecule has 0 amide bonds. The van der Waals surface area contributed by atoms with Crippen LogP contribution in [0.25, 0.3) is 0 Å². The van der Waals surface area contributed by atoms with E-state index < -0.39 is 0 Å². The number of piperidine rings is 1. The average Bonchev–Trinajstić information content (AvgIpc) is 2.19. The zero-order valence-electron chi connectivity index (χ0n) is 8.74. The van der Waals surface area contributed by atoms with Crippen molar-refractivity contribution in [2.75, 3.05) is 33.3 Å². The molecule has 0 aliphatic carbocycles. The Labute approximate surface area is 85.5 Å². The lowest BCUT2D eigenvalue weighted by atomic mass is 9.99. The van der Waals surface area contributed by atoms with E-state index in [0.717, 1.165) is 26.1 Å². The number of rotatable bonds is 3. The summed E-state index contributed by atoms with van der Waals surface area (Å²) in [7, 11) is 1.76. The van der Waals surface area contributed by atoms with Gasteiger partial charge >= 0.3 is 0 Å². The SMILES string of the molecule is C=C1CCN(CCO)C/C1=C/C=NC. The molecule has 1 aliphatic rings. The third-order valence-corrected chi connectivity index (χ3v) is 2.42. The molecule has 0 spiro atoms. The van der Waals surface area contributed by atoms with Gasteiger partial charge in [-0.1, -0.05) is 6.58 Å². The van der Waals surface area contributed by atoms with Gasteiger partial charge in [-0.3, -0.25) is 9.89 Å². The summed E-state index contributed by atoms with van der Waals surface area (Å²) < 4.78 is 0. The maximum absolute atomic E-state index is 8.84. The number of likely N-dealkylation sites (tertiary alicyclic amines) is 1. The van der Waals surface area contributed by atoms with E-state index in [1.54, 1.807) is 13.3 Å². The van der Waals surface area contributed by atoms with Gasteiger partial charge in [0.2, 0.25) is 0 Å². The third kappa shape index (κ3) is 3.09. The van der Waals surface area contributed by atoms with Crippen LogP contribution in [0.3, 0.4) is 0 Å². The highest BCUT2D eigenvalue weighted by molar-refractivity contribution is 5.73. The molecule has 1 rings (SSSR count). The highest BCUT2D eigenvalue weighted by Crippen LogP contribution is 2.19. The Bertz CT molecular complexity index is 256. The standard InChI is InChI=1S/C11H18N2O/c1-10-4-6-13(7-8-14)9-11(10)3-5-12-2/h3,5,14H,1,4,6-9H2,2H3/b11-3-,12-5?. The molecule has 0 aromatic rings. The first-order valence-electron chi connectivity index (χ1n) is 4.90. The second-order valence-electron chi connectivity index (χ2n) is 3.45.